The molecule has 6 nitrogen and oxygen atoms in total. The predicted molar refractivity (Wildman–Crippen MR) is 50.8 cm³/mol. The van der Waals surface area contributed by atoms with Crippen LogP contribution in [0.1, 0.15) is 34.3 Å². The van der Waals surface area contributed by atoms with Gasteiger partial charge in [-0.2, -0.15) is 5.10 Å². The molecule has 0 radical (unpaired) electrons. The fraction of sp³-hybridized carbons (Fsp3) is 0.444. The number of aryl methyl sites for hydroxylation is 1. The van der Waals surface area contributed by atoms with Crippen molar-refractivity contribution in [2.75, 3.05) is 7.11 Å². The summed E-state index contributed by atoms with van der Waals surface area (Å²) < 4.78 is 5.74. The Morgan fingerprint density at radius 2 is 2.27 bits per heavy atom. The van der Waals surface area contributed by atoms with Crippen LogP contribution in [0.5, 0.6) is 0 Å². The third-order valence-electron chi connectivity index (χ3n) is 1.83. The summed E-state index contributed by atoms with van der Waals surface area (Å²) in [6, 6.07) is 1.21. The molecule has 1 aromatic rings. The summed E-state index contributed by atoms with van der Waals surface area (Å²) in [7, 11) is 1.22. The van der Waals surface area contributed by atoms with E-state index in [-0.39, 0.29) is 11.4 Å². The second kappa shape index (κ2) is 4.59. The van der Waals surface area contributed by atoms with Crippen molar-refractivity contribution >= 4 is 11.9 Å². The van der Waals surface area contributed by atoms with Crippen molar-refractivity contribution in [3.63, 3.8) is 0 Å². The van der Waals surface area contributed by atoms with Crippen molar-refractivity contribution in [3.05, 3.63) is 17.5 Å². The number of hydrogen-bond donors (Lipinski definition) is 1. The standard InChI is InChI=1S/C9H12N2O4/c1-3-4-11-7(8(12)13)5-6(10-11)9(14)15-2/h5H,3-4H2,1-2H3,(H,12,13). The summed E-state index contributed by atoms with van der Waals surface area (Å²) in [6.45, 7) is 2.35. The van der Waals surface area contributed by atoms with E-state index in [9.17, 15) is 9.59 Å². The van der Waals surface area contributed by atoms with Gasteiger partial charge in [0.1, 0.15) is 5.69 Å². The van der Waals surface area contributed by atoms with Crippen LogP contribution in [-0.4, -0.2) is 33.9 Å². The van der Waals surface area contributed by atoms with Gasteiger partial charge in [0, 0.05) is 12.6 Å². The summed E-state index contributed by atoms with van der Waals surface area (Å²) in [5, 5.41) is 12.7. The number of aromatic nitrogens is 2. The van der Waals surface area contributed by atoms with Gasteiger partial charge < -0.3 is 9.84 Å². The predicted octanol–water partition coefficient (Wildman–Crippen LogP) is 0.778. The highest BCUT2D eigenvalue weighted by molar-refractivity contribution is 5.92. The first-order valence-electron chi connectivity index (χ1n) is 4.49. The number of carbonyl (C=O) groups excluding carboxylic acids is 1. The molecule has 0 aliphatic heterocycles. The van der Waals surface area contributed by atoms with Crippen LogP contribution in [0.3, 0.4) is 0 Å². The summed E-state index contributed by atoms with van der Waals surface area (Å²) in [6.07, 6.45) is 0.739. The van der Waals surface area contributed by atoms with Crippen LogP contribution in [-0.2, 0) is 11.3 Å². The van der Waals surface area contributed by atoms with Crippen molar-refractivity contribution in [2.45, 2.75) is 19.9 Å². The third-order valence-corrected chi connectivity index (χ3v) is 1.83. The van der Waals surface area contributed by atoms with E-state index in [1.165, 1.54) is 17.9 Å². The quantitative estimate of drug-likeness (QED) is 0.746. The van der Waals surface area contributed by atoms with Crippen LogP contribution in [0.2, 0.25) is 0 Å². The van der Waals surface area contributed by atoms with Gasteiger partial charge in [-0.1, -0.05) is 6.92 Å². The smallest absolute Gasteiger partial charge is 0.358 e. The molecule has 1 N–H and O–H groups in total. The van der Waals surface area contributed by atoms with Crippen molar-refractivity contribution < 1.29 is 19.4 Å². The summed E-state index contributed by atoms with van der Waals surface area (Å²) in [4.78, 5) is 21.9. The monoisotopic (exact) mass is 212 g/mol. The lowest BCUT2D eigenvalue weighted by Gasteiger charge is -2.00. The molecule has 15 heavy (non-hydrogen) atoms. The van der Waals surface area contributed by atoms with Crippen molar-refractivity contribution in [1.29, 1.82) is 0 Å². The highest BCUT2D eigenvalue weighted by Crippen LogP contribution is 2.06. The molecule has 0 saturated heterocycles. The maximum atomic E-state index is 11.1. The Kier molecular flexibility index (Phi) is 3.43. The number of hydrogen-bond acceptors (Lipinski definition) is 4. The van der Waals surface area contributed by atoms with Gasteiger partial charge in [-0.05, 0) is 6.42 Å². The third kappa shape index (κ3) is 2.34. The van der Waals surface area contributed by atoms with E-state index in [1.54, 1.807) is 0 Å². The molecule has 0 amide bonds. The van der Waals surface area contributed by atoms with E-state index in [2.05, 4.69) is 9.84 Å². The van der Waals surface area contributed by atoms with Crippen LogP contribution in [0.4, 0.5) is 0 Å². The Labute approximate surface area is 86.5 Å². The van der Waals surface area contributed by atoms with Crippen LogP contribution < -0.4 is 0 Å². The fourth-order valence-corrected chi connectivity index (χ4v) is 1.18. The minimum absolute atomic E-state index is 0.00255. The molecule has 0 aromatic carbocycles. The van der Waals surface area contributed by atoms with Gasteiger partial charge in [-0.3, -0.25) is 4.68 Å². The molecule has 0 saturated carbocycles. The number of methoxy groups -OCH3 is 1. The number of esters is 1. The molecule has 0 fully saturated rings. The van der Waals surface area contributed by atoms with Crippen LogP contribution in [0.15, 0.2) is 6.07 Å². The second-order valence-electron chi connectivity index (χ2n) is 2.93. The largest absolute Gasteiger partial charge is 0.477 e. The molecular formula is C9H12N2O4. The zero-order chi connectivity index (χ0) is 11.4. The van der Waals surface area contributed by atoms with E-state index in [1.807, 2.05) is 6.92 Å². The Balaban J connectivity index is 3.08. The highest BCUT2D eigenvalue weighted by Gasteiger charge is 2.18. The molecular weight excluding hydrogens is 200 g/mol. The van der Waals surface area contributed by atoms with Gasteiger partial charge in [0.05, 0.1) is 7.11 Å². The van der Waals surface area contributed by atoms with E-state index in [4.69, 9.17) is 5.11 Å². The van der Waals surface area contributed by atoms with Crippen LogP contribution in [0, 0.1) is 0 Å². The molecule has 0 bridgehead atoms. The first kappa shape index (κ1) is 11.2. The number of carbonyl (C=O) groups is 2. The fourth-order valence-electron chi connectivity index (χ4n) is 1.18. The van der Waals surface area contributed by atoms with Crippen molar-refractivity contribution in [1.82, 2.24) is 9.78 Å². The Bertz CT molecular complexity index is 383. The molecule has 0 unspecified atom stereocenters. The lowest BCUT2D eigenvalue weighted by atomic mass is 10.3. The second-order valence-corrected chi connectivity index (χ2v) is 2.93. The van der Waals surface area contributed by atoms with Crippen LogP contribution in [0.25, 0.3) is 0 Å². The molecule has 0 aliphatic carbocycles. The number of carboxylic acid groups (broad SMARTS) is 1. The molecule has 1 rings (SSSR count). The topological polar surface area (TPSA) is 81.4 Å². The maximum absolute atomic E-state index is 11.1. The van der Waals surface area contributed by atoms with E-state index in [0.717, 1.165) is 6.42 Å². The first-order chi connectivity index (χ1) is 7.10. The van der Waals surface area contributed by atoms with Gasteiger partial charge in [0.15, 0.2) is 5.69 Å². The zero-order valence-corrected chi connectivity index (χ0v) is 8.56. The average Bonchev–Trinajstić information content (AvgIpc) is 2.61. The molecule has 1 aromatic heterocycles. The normalized spacial score (nSPS) is 10.0. The lowest BCUT2D eigenvalue weighted by Crippen LogP contribution is -2.10. The number of aromatic carboxylic acids is 1. The zero-order valence-electron chi connectivity index (χ0n) is 8.56. The number of carboxylic acids is 1. The molecule has 1 heterocycles. The van der Waals surface area contributed by atoms with E-state index < -0.39 is 11.9 Å². The highest BCUT2D eigenvalue weighted by atomic mass is 16.5. The SMILES string of the molecule is CCCn1nc(C(=O)OC)cc1C(=O)O. The van der Waals surface area contributed by atoms with Gasteiger partial charge in [-0.15, -0.1) is 0 Å². The lowest BCUT2D eigenvalue weighted by molar-refractivity contribution is 0.0592. The molecule has 0 atom stereocenters. The Hall–Kier alpha value is -1.85. The first-order valence-corrected chi connectivity index (χ1v) is 4.49. The van der Waals surface area contributed by atoms with Gasteiger partial charge >= 0.3 is 11.9 Å². The molecule has 82 valence electrons. The summed E-state index contributed by atoms with van der Waals surface area (Å²) >= 11 is 0. The molecule has 0 spiro atoms. The molecule has 6 heteroatoms. The Morgan fingerprint density at radius 3 is 2.73 bits per heavy atom. The molecule has 0 aliphatic rings. The number of rotatable bonds is 4. The van der Waals surface area contributed by atoms with Crippen LogP contribution >= 0.6 is 0 Å². The minimum atomic E-state index is -1.11. The summed E-state index contributed by atoms with van der Waals surface area (Å²) in [5.74, 6) is -1.74. The van der Waals surface area contributed by atoms with E-state index >= 15 is 0 Å². The number of nitrogens with zero attached hydrogens (tertiary/aromatic N) is 2. The Morgan fingerprint density at radius 1 is 1.60 bits per heavy atom. The van der Waals surface area contributed by atoms with Gasteiger partial charge in [0.25, 0.3) is 0 Å². The van der Waals surface area contributed by atoms with Crippen molar-refractivity contribution in [2.24, 2.45) is 0 Å². The van der Waals surface area contributed by atoms with Crippen molar-refractivity contribution in [3.8, 4) is 0 Å². The van der Waals surface area contributed by atoms with E-state index in [0.29, 0.717) is 6.54 Å². The summed E-state index contributed by atoms with van der Waals surface area (Å²) in [5.41, 5.74) is 0.0144. The minimum Gasteiger partial charge on any atom is -0.477 e. The average molecular weight is 212 g/mol. The maximum Gasteiger partial charge on any atom is 0.358 e. The van der Waals surface area contributed by atoms with Gasteiger partial charge in [0.2, 0.25) is 0 Å². The number of ether oxygens (including phenoxy) is 1. The van der Waals surface area contributed by atoms with Gasteiger partial charge in [-0.25, -0.2) is 9.59 Å².